The quantitative estimate of drug-likeness (QED) is 0.826. The number of nitrogens with zero attached hydrogens (tertiary/aromatic N) is 2. The molecule has 0 bridgehead atoms. The number of urea groups is 1. The third-order valence-corrected chi connectivity index (χ3v) is 5.32. The molecule has 1 heterocycles. The first-order valence-corrected chi connectivity index (χ1v) is 9.91. The number of rotatable bonds is 6. The molecule has 0 spiro atoms. The summed E-state index contributed by atoms with van der Waals surface area (Å²) in [5.41, 5.74) is 2.20. The lowest BCUT2D eigenvalue weighted by molar-refractivity contribution is -0.129. The molecule has 3 amide bonds. The van der Waals surface area contributed by atoms with Gasteiger partial charge in [-0.15, -0.1) is 0 Å². The van der Waals surface area contributed by atoms with Gasteiger partial charge in [0.2, 0.25) is 5.91 Å². The average molecular weight is 380 g/mol. The lowest BCUT2D eigenvalue weighted by Gasteiger charge is -2.29. The van der Waals surface area contributed by atoms with Crippen LogP contribution in [0, 0.1) is 0 Å². The fraction of sp³-hybridized carbons (Fsp3) is 0.391. The van der Waals surface area contributed by atoms with E-state index in [1.807, 2.05) is 91.2 Å². The Kier molecular flexibility index (Phi) is 6.34. The zero-order valence-electron chi connectivity index (χ0n) is 16.8. The molecule has 2 atom stereocenters. The fourth-order valence-corrected chi connectivity index (χ4v) is 3.64. The van der Waals surface area contributed by atoms with Gasteiger partial charge in [0.05, 0.1) is 12.1 Å². The van der Waals surface area contributed by atoms with Crippen molar-refractivity contribution in [3.63, 3.8) is 0 Å². The van der Waals surface area contributed by atoms with Crippen LogP contribution in [0.25, 0.3) is 0 Å². The number of amides is 3. The van der Waals surface area contributed by atoms with Gasteiger partial charge in [-0.2, -0.15) is 0 Å². The fourth-order valence-electron chi connectivity index (χ4n) is 3.64. The Morgan fingerprint density at radius 1 is 1.07 bits per heavy atom. The molecule has 1 aliphatic rings. The van der Waals surface area contributed by atoms with E-state index >= 15 is 0 Å². The first kappa shape index (κ1) is 19.9. The van der Waals surface area contributed by atoms with Crippen molar-refractivity contribution in [1.29, 1.82) is 0 Å². The van der Waals surface area contributed by atoms with Crippen molar-refractivity contribution in [1.82, 2.24) is 15.1 Å². The first-order chi connectivity index (χ1) is 13.5. The largest absolute Gasteiger partial charge is 0.334 e. The molecule has 5 nitrogen and oxygen atoms in total. The van der Waals surface area contributed by atoms with Crippen molar-refractivity contribution in [2.24, 2.45) is 0 Å². The van der Waals surface area contributed by atoms with E-state index in [1.54, 1.807) is 0 Å². The maximum atomic E-state index is 12.9. The van der Waals surface area contributed by atoms with Gasteiger partial charge in [-0.05, 0) is 31.9 Å². The van der Waals surface area contributed by atoms with Crippen LogP contribution < -0.4 is 5.32 Å². The molecule has 0 saturated carbocycles. The Morgan fingerprint density at radius 3 is 2.29 bits per heavy atom. The van der Waals surface area contributed by atoms with E-state index in [9.17, 15) is 9.59 Å². The number of nitrogens with one attached hydrogen (secondary N) is 1. The first-order valence-electron chi connectivity index (χ1n) is 9.91. The highest BCUT2D eigenvalue weighted by Crippen LogP contribution is 2.25. The Hall–Kier alpha value is -2.82. The van der Waals surface area contributed by atoms with Crippen LogP contribution in [-0.2, 0) is 11.3 Å². The van der Waals surface area contributed by atoms with E-state index in [0.717, 1.165) is 11.1 Å². The van der Waals surface area contributed by atoms with Crippen molar-refractivity contribution < 1.29 is 9.59 Å². The van der Waals surface area contributed by atoms with Crippen LogP contribution in [0.4, 0.5) is 4.79 Å². The summed E-state index contributed by atoms with van der Waals surface area (Å²) in [6, 6.07) is 19.7. The lowest BCUT2D eigenvalue weighted by atomic mass is 10.1. The SMILES string of the molecule is CC(C)N(Cc1ccccc1)C(=O)NC1CC(=O)N(C(C)c2ccccc2)C1. The molecular weight excluding hydrogens is 350 g/mol. The van der Waals surface area contributed by atoms with Gasteiger partial charge in [0, 0.05) is 25.6 Å². The van der Waals surface area contributed by atoms with Crippen molar-refractivity contribution in [3.05, 3.63) is 71.8 Å². The van der Waals surface area contributed by atoms with Crippen LogP contribution >= 0.6 is 0 Å². The van der Waals surface area contributed by atoms with E-state index in [0.29, 0.717) is 19.5 Å². The van der Waals surface area contributed by atoms with E-state index in [2.05, 4.69) is 5.32 Å². The second-order valence-corrected chi connectivity index (χ2v) is 7.69. The van der Waals surface area contributed by atoms with Crippen LogP contribution in [0.1, 0.15) is 44.4 Å². The van der Waals surface area contributed by atoms with Gasteiger partial charge in [-0.1, -0.05) is 60.7 Å². The highest BCUT2D eigenvalue weighted by atomic mass is 16.2. The van der Waals surface area contributed by atoms with Crippen molar-refractivity contribution in [3.8, 4) is 0 Å². The van der Waals surface area contributed by atoms with Gasteiger partial charge >= 0.3 is 6.03 Å². The molecule has 2 unspecified atom stereocenters. The molecule has 5 heteroatoms. The van der Waals surface area contributed by atoms with Crippen LogP contribution in [0.2, 0.25) is 0 Å². The lowest BCUT2D eigenvalue weighted by Crippen LogP contribution is -2.48. The van der Waals surface area contributed by atoms with E-state index in [1.165, 1.54) is 0 Å². The third-order valence-electron chi connectivity index (χ3n) is 5.32. The van der Waals surface area contributed by atoms with Gasteiger partial charge < -0.3 is 15.1 Å². The van der Waals surface area contributed by atoms with Crippen molar-refractivity contribution >= 4 is 11.9 Å². The molecule has 1 N–H and O–H groups in total. The Balaban J connectivity index is 1.62. The molecule has 2 aromatic carbocycles. The zero-order valence-corrected chi connectivity index (χ0v) is 16.8. The predicted molar refractivity (Wildman–Crippen MR) is 111 cm³/mol. The third kappa shape index (κ3) is 4.71. The number of benzene rings is 2. The second kappa shape index (κ2) is 8.91. The molecule has 28 heavy (non-hydrogen) atoms. The topological polar surface area (TPSA) is 52.7 Å². The van der Waals surface area contributed by atoms with Gasteiger partial charge in [0.1, 0.15) is 0 Å². The van der Waals surface area contributed by atoms with Crippen molar-refractivity contribution in [2.45, 2.75) is 51.9 Å². The molecule has 0 radical (unpaired) electrons. The molecule has 1 saturated heterocycles. The number of carbonyl (C=O) groups excluding carboxylic acids is 2. The Labute approximate surface area is 167 Å². The van der Waals surface area contributed by atoms with Gasteiger partial charge in [0.15, 0.2) is 0 Å². The number of hydrogen-bond acceptors (Lipinski definition) is 2. The van der Waals surface area contributed by atoms with Crippen LogP contribution in [0.3, 0.4) is 0 Å². The summed E-state index contributed by atoms with van der Waals surface area (Å²) >= 11 is 0. The van der Waals surface area contributed by atoms with Gasteiger partial charge in [-0.25, -0.2) is 4.79 Å². The van der Waals surface area contributed by atoms with Gasteiger partial charge in [-0.3, -0.25) is 4.79 Å². The monoisotopic (exact) mass is 379 g/mol. The van der Waals surface area contributed by atoms with E-state index in [-0.39, 0.29) is 30.1 Å². The molecule has 0 aliphatic carbocycles. The summed E-state index contributed by atoms with van der Waals surface area (Å²) < 4.78 is 0. The van der Waals surface area contributed by atoms with Crippen molar-refractivity contribution in [2.75, 3.05) is 6.54 Å². The summed E-state index contributed by atoms with van der Waals surface area (Å²) in [6.07, 6.45) is 0.347. The summed E-state index contributed by atoms with van der Waals surface area (Å²) in [6.45, 7) is 7.14. The van der Waals surface area contributed by atoms with Crippen LogP contribution in [0.5, 0.6) is 0 Å². The highest BCUT2D eigenvalue weighted by molar-refractivity contribution is 5.82. The number of hydrogen-bond donors (Lipinski definition) is 1. The van der Waals surface area contributed by atoms with Gasteiger partial charge in [0.25, 0.3) is 0 Å². The Morgan fingerprint density at radius 2 is 1.68 bits per heavy atom. The zero-order chi connectivity index (χ0) is 20.1. The normalized spacial score (nSPS) is 17.6. The minimum Gasteiger partial charge on any atom is -0.334 e. The van der Waals surface area contributed by atoms with Crippen LogP contribution in [-0.4, -0.2) is 40.4 Å². The number of carbonyl (C=O) groups is 2. The summed E-state index contributed by atoms with van der Waals surface area (Å²) in [5, 5.41) is 3.07. The standard InChI is InChI=1S/C23H29N3O2/c1-17(2)25(15-19-10-6-4-7-11-19)23(28)24-21-14-22(27)26(16-21)18(3)20-12-8-5-9-13-20/h4-13,17-18,21H,14-16H2,1-3H3,(H,24,28). The van der Waals surface area contributed by atoms with Crippen LogP contribution in [0.15, 0.2) is 60.7 Å². The minimum absolute atomic E-state index is 0.00104. The summed E-state index contributed by atoms with van der Waals surface area (Å²) in [4.78, 5) is 29.1. The smallest absolute Gasteiger partial charge is 0.318 e. The maximum absolute atomic E-state index is 12.9. The molecule has 148 valence electrons. The average Bonchev–Trinajstić information content (AvgIpc) is 3.06. The molecule has 3 rings (SSSR count). The van der Waals surface area contributed by atoms with E-state index < -0.39 is 0 Å². The Bertz CT molecular complexity index is 792. The molecule has 0 aromatic heterocycles. The summed E-state index contributed by atoms with van der Waals surface area (Å²) in [7, 11) is 0. The number of likely N-dealkylation sites (tertiary alicyclic amines) is 1. The maximum Gasteiger partial charge on any atom is 0.318 e. The molecule has 1 aliphatic heterocycles. The summed E-state index contributed by atoms with van der Waals surface area (Å²) in [5.74, 6) is 0.0841. The predicted octanol–water partition coefficient (Wildman–Crippen LogP) is 3.97. The highest BCUT2D eigenvalue weighted by Gasteiger charge is 2.34. The molecular formula is C23H29N3O2. The molecule has 1 fully saturated rings. The molecule has 2 aromatic rings. The second-order valence-electron chi connectivity index (χ2n) is 7.69. The van der Waals surface area contributed by atoms with E-state index in [4.69, 9.17) is 0 Å². The minimum atomic E-state index is -0.164.